The van der Waals surface area contributed by atoms with Crippen LogP contribution >= 0.6 is 11.6 Å². The molecule has 4 rings (SSSR count). The van der Waals surface area contributed by atoms with Gasteiger partial charge in [0, 0.05) is 18.6 Å². The van der Waals surface area contributed by atoms with Crippen LogP contribution in [0.5, 0.6) is 11.5 Å². The van der Waals surface area contributed by atoms with Crippen LogP contribution in [0.15, 0.2) is 55.0 Å². The van der Waals surface area contributed by atoms with Gasteiger partial charge in [0.2, 0.25) is 0 Å². The largest absolute Gasteiger partial charge is 0.493 e. The third kappa shape index (κ3) is 4.36. The lowest BCUT2D eigenvalue weighted by molar-refractivity contribution is 0.201. The minimum Gasteiger partial charge on any atom is -0.493 e. The molecule has 2 aromatic heterocycles. The molecule has 0 aliphatic heterocycles. The molecular weight excluding hydrogens is 386 g/mol. The minimum absolute atomic E-state index is 0.249. The highest BCUT2D eigenvalue weighted by Crippen LogP contribution is 2.37. The van der Waals surface area contributed by atoms with Crippen molar-refractivity contribution < 1.29 is 9.47 Å². The van der Waals surface area contributed by atoms with E-state index in [4.69, 9.17) is 26.8 Å². The maximum atomic E-state index is 6.55. The zero-order chi connectivity index (χ0) is 20.2. The van der Waals surface area contributed by atoms with E-state index in [1.165, 1.54) is 12.8 Å². The molecule has 1 atom stereocenters. The Morgan fingerprint density at radius 3 is 2.62 bits per heavy atom. The summed E-state index contributed by atoms with van der Waals surface area (Å²) in [5, 5.41) is 0.441. The smallest absolute Gasteiger partial charge is 0.162 e. The number of rotatable bonds is 6. The van der Waals surface area contributed by atoms with Crippen LogP contribution in [-0.4, -0.2) is 23.2 Å². The summed E-state index contributed by atoms with van der Waals surface area (Å²) >= 11 is 5.92. The first-order valence-electron chi connectivity index (χ1n) is 9.81. The second-order valence-electron chi connectivity index (χ2n) is 7.24. The van der Waals surface area contributed by atoms with Crippen molar-refractivity contribution in [3.8, 4) is 22.6 Å². The number of halogens is 1. The van der Waals surface area contributed by atoms with Gasteiger partial charge in [-0.3, -0.25) is 4.98 Å². The molecule has 0 saturated heterocycles. The maximum absolute atomic E-state index is 6.55. The second kappa shape index (κ2) is 8.80. The van der Waals surface area contributed by atoms with Gasteiger partial charge in [0.15, 0.2) is 11.5 Å². The van der Waals surface area contributed by atoms with Crippen LogP contribution < -0.4 is 15.2 Å². The first-order valence-corrected chi connectivity index (χ1v) is 10.2. The van der Waals surface area contributed by atoms with E-state index in [0.717, 1.165) is 46.6 Å². The SMILES string of the molecule is COc1ccc(-c2ccncc2C(N)c2ccc(Cl)nc2)cc1OC1CCCC1. The van der Waals surface area contributed by atoms with Crippen molar-refractivity contribution >= 4 is 11.6 Å². The molecule has 6 heteroatoms. The van der Waals surface area contributed by atoms with Crippen molar-refractivity contribution in [2.45, 2.75) is 37.8 Å². The van der Waals surface area contributed by atoms with Crippen molar-refractivity contribution in [3.63, 3.8) is 0 Å². The van der Waals surface area contributed by atoms with E-state index >= 15 is 0 Å². The van der Waals surface area contributed by atoms with Gasteiger partial charge in [0.05, 0.1) is 19.3 Å². The van der Waals surface area contributed by atoms with E-state index in [1.807, 2.05) is 30.3 Å². The van der Waals surface area contributed by atoms with E-state index in [2.05, 4.69) is 9.97 Å². The number of ether oxygens (including phenoxy) is 2. The molecule has 0 amide bonds. The van der Waals surface area contributed by atoms with Gasteiger partial charge in [-0.05, 0) is 72.2 Å². The number of aromatic nitrogens is 2. The highest BCUT2D eigenvalue weighted by Gasteiger charge is 2.20. The zero-order valence-electron chi connectivity index (χ0n) is 16.3. The summed E-state index contributed by atoms with van der Waals surface area (Å²) in [7, 11) is 1.66. The lowest BCUT2D eigenvalue weighted by Crippen LogP contribution is -2.14. The van der Waals surface area contributed by atoms with E-state index < -0.39 is 0 Å². The Labute approximate surface area is 175 Å². The normalized spacial score (nSPS) is 15.3. The number of nitrogens with zero attached hydrogens (tertiary/aromatic N) is 2. The van der Waals surface area contributed by atoms with Gasteiger partial charge in [-0.2, -0.15) is 0 Å². The third-order valence-corrected chi connectivity index (χ3v) is 5.59. The fourth-order valence-electron chi connectivity index (χ4n) is 3.79. The molecule has 1 saturated carbocycles. The molecule has 2 heterocycles. The summed E-state index contributed by atoms with van der Waals surface area (Å²) in [6, 6.07) is 11.2. The molecule has 0 radical (unpaired) electrons. The summed E-state index contributed by atoms with van der Waals surface area (Å²) in [6.45, 7) is 0. The van der Waals surface area contributed by atoms with Gasteiger partial charge in [0.1, 0.15) is 5.15 Å². The summed E-state index contributed by atoms with van der Waals surface area (Å²) in [6.07, 6.45) is 10.1. The Balaban J connectivity index is 1.70. The molecule has 0 spiro atoms. The molecule has 29 heavy (non-hydrogen) atoms. The minimum atomic E-state index is -0.371. The fraction of sp³-hybridized carbons (Fsp3) is 0.304. The first kappa shape index (κ1) is 19.7. The number of methoxy groups -OCH3 is 1. The topological polar surface area (TPSA) is 70.3 Å². The number of pyridine rings is 2. The molecule has 5 nitrogen and oxygen atoms in total. The predicted octanol–water partition coefficient (Wildman–Crippen LogP) is 5.18. The monoisotopic (exact) mass is 409 g/mol. The van der Waals surface area contributed by atoms with Gasteiger partial charge < -0.3 is 15.2 Å². The molecule has 2 N–H and O–H groups in total. The Morgan fingerprint density at radius 1 is 1.07 bits per heavy atom. The van der Waals surface area contributed by atoms with Crippen LogP contribution in [-0.2, 0) is 0 Å². The van der Waals surface area contributed by atoms with E-state index in [-0.39, 0.29) is 12.1 Å². The molecule has 1 aliphatic carbocycles. The summed E-state index contributed by atoms with van der Waals surface area (Å²) in [5.41, 5.74) is 10.3. The van der Waals surface area contributed by atoms with E-state index in [9.17, 15) is 0 Å². The van der Waals surface area contributed by atoms with E-state index in [0.29, 0.717) is 5.15 Å². The molecule has 1 fully saturated rings. The first-order chi connectivity index (χ1) is 14.2. The predicted molar refractivity (Wildman–Crippen MR) is 114 cm³/mol. The lowest BCUT2D eigenvalue weighted by atomic mass is 9.94. The van der Waals surface area contributed by atoms with Crippen LogP contribution in [0.25, 0.3) is 11.1 Å². The lowest BCUT2D eigenvalue weighted by Gasteiger charge is -2.19. The van der Waals surface area contributed by atoms with E-state index in [1.54, 1.807) is 31.8 Å². The number of hydrogen-bond donors (Lipinski definition) is 1. The fourth-order valence-corrected chi connectivity index (χ4v) is 3.90. The van der Waals surface area contributed by atoms with Crippen molar-refractivity contribution in [3.05, 3.63) is 71.3 Å². The van der Waals surface area contributed by atoms with Crippen molar-refractivity contribution in [1.29, 1.82) is 0 Å². The van der Waals surface area contributed by atoms with Gasteiger partial charge >= 0.3 is 0 Å². The van der Waals surface area contributed by atoms with Crippen molar-refractivity contribution in [2.75, 3.05) is 7.11 Å². The molecule has 150 valence electrons. The van der Waals surface area contributed by atoms with Crippen LogP contribution in [0, 0.1) is 0 Å². The summed E-state index contributed by atoms with van der Waals surface area (Å²) < 4.78 is 11.8. The van der Waals surface area contributed by atoms with Gasteiger partial charge in [-0.15, -0.1) is 0 Å². The Hall–Kier alpha value is -2.63. The van der Waals surface area contributed by atoms with Gasteiger partial charge in [-0.25, -0.2) is 4.98 Å². The van der Waals surface area contributed by atoms with Crippen molar-refractivity contribution in [2.24, 2.45) is 5.73 Å². The molecule has 1 aliphatic rings. The highest BCUT2D eigenvalue weighted by atomic mass is 35.5. The summed E-state index contributed by atoms with van der Waals surface area (Å²) in [4.78, 5) is 8.44. The third-order valence-electron chi connectivity index (χ3n) is 5.37. The summed E-state index contributed by atoms with van der Waals surface area (Å²) in [5.74, 6) is 1.50. The van der Waals surface area contributed by atoms with Crippen LogP contribution in [0.1, 0.15) is 42.9 Å². The van der Waals surface area contributed by atoms with Crippen LogP contribution in [0.2, 0.25) is 5.15 Å². The molecule has 1 aromatic carbocycles. The molecular formula is C23H24ClN3O2. The molecule has 3 aromatic rings. The van der Waals surface area contributed by atoms with Crippen molar-refractivity contribution in [1.82, 2.24) is 9.97 Å². The standard InChI is InChI=1S/C23H24ClN3O2/c1-28-20-8-6-15(12-21(20)29-17-4-2-3-5-17)18-10-11-26-14-19(18)23(25)16-7-9-22(24)27-13-16/h6-14,17,23H,2-5,25H2,1H3. The second-order valence-corrected chi connectivity index (χ2v) is 7.63. The Morgan fingerprint density at radius 2 is 1.90 bits per heavy atom. The van der Waals surface area contributed by atoms with Gasteiger partial charge in [0.25, 0.3) is 0 Å². The zero-order valence-corrected chi connectivity index (χ0v) is 17.1. The number of benzene rings is 1. The Bertz CT molecular complexity index is 972. The number of nitrogens with two attached hydrogens (primary N) is 1. The van der Waals surface area contributed by atoms with Gasteiger partial charge in [-0.1, -0.05) is 23.7 Å². The molecule has 0 bridgehead atoms. The highest BCUT2D eigenvalue weighted by molar-refractivity contribution is 6.29. The average Bonchev–Trinajstić information content (AvgIpc) is 3.27. The molecule has 1 unspecified atom stereocenters. The quantitative estimate of drug-likeness (QED) is 0.568. The average molecular weight is 410 g/mol. The maximum Gasteiger partial charge on any atom is 0.162 e. The van der Waals surface area contributed by atoms with Crippen LogP contribution in [0.3, 0.4) is 0 Å². The number of hydrogen-bond acceptors (Lipinski definition) is 5. The Kier molecular flexibility index (Phi) is 5.97. The van der Waals surface area contributed by atoms with Crippen LogP contribution in [0.4, 0.5) is 0 Å².